The van der Waals surface area contributed by atoms with Crippen LogP contribution >= 0.6 is 0 Å². The number of aromatic nitrogens is 3. The fraction of sp³-hybridized carbons (Fsp3) is 0.125. The lowest BCUT2D eigenvalue weighted by Gasteiger charge is -2.24. The lowest BCUT2D eigenvalue weighted by atomic mass is 10.1. The summed E-state index contributed by atoms with van der Waals surface area (Å²) in [6, 6.07) is 20.9. The molecule has 0 unspecified atom stereocenters. The lowest BCUT2D eigenvalue weighted by molar-refractivity contribution is 0.0728. The van der Waals surface area contributed by atoms with Gasteiger partial charge in [-0.1, -0.05) is 30.3 Å². The van der Waals surface area contributed by atoms with Crippen molar-refractivity contribution in [2.45, 2.75) is 13.1 Å². The van der Waals surface area contributed by atoms with E-state index in [4.69, 9.17) is 4.74 Å². The van der Waals surface area contributed by atoms with Gasteiger partial charge in [0, 0.05) is 49.0 Å². The number of rotatable bonds is 7. The molecule has 0 bridgehead atoms. The third-order valence-corrected chi connectivity index (χ3v) is 4.80. The van der Waals surface area contributed by atoms with Crippen LogP contribution in [0.2, 0.25) is 0 Å². The summed E-state index contributed by atoms with van der Waals surface area (Å²) >= 11 is 0. The van der Waals surface area contributed by atoms with Gasteiger partial charge in [-0.05, 0) is 42.0 Å². The van der Waals surface area contributed by atoms with E-state index in [1.165, 1.54) is 0 Å². The molecule has 0 spiro atoms. The molecule has 1 amide bonds. The van der Waals surface area contributed by atoms with Crippen molar-refractivity contribution in [1.82, 2.24) is 19.7 Å². The molecule has 6 heteroatoms. The molecule has 0 radical (unpaired) electrons. The number of methoxy groups -OCH3 is 1. The molecule has 0 aliphatic carbocycles. The third-order valence-electron chi connectivity index (χ3n) is 4.80. The number of ether oxygens (including phenoxy) is 1. The van der Waals surface area contributed by atoms with Gasteiger partial charge in [0.25, 0.3) is 5.91 Å². The van der Waals surface area contributed by atoms with E-state index in [2.05, 4.69) is 10.1 Å². The largest absolute Gasteiger partial charge is 0.496 e. The Morgan fingerprint density at radius 2 is 1.90 bits per heavy atom. The Hall–Kier alpha value is -3.93. The highest BCUT2D eigenvalue weighted by Gasteiger charge is 2.19. The molecule has 4 rings (SSSR count). The van der Waals surface area contributed by atoms with Gasteiger partial charge in [-0.2, -0.15) is 5.10 Å². The molecule has 30 heavy (non-hydrogen) atoms. The Bertz CT molecular complexity index is 1110. The number of benzene rings is 2. The van der Waals surface area contributed by atoms with E-state index in [1.807, 2.05) is 72.9 Å². The predicted molar refractivity (Wildman–Crippen MR) is 114 cm³/mol. The van der Waals surface area contributed by atoms with Gasteiger partial charge in [-0.25, -0.2) is 4.68 Å². The standard InChI is InChI=1S/C24H22N4O2/c1-30-23-11-3-2-8-21(23)18-27(17-19-7-5-12-25-16-19)24(29)20-9-4-10-22(15-20)28-14-6-13-26-28/h2-16H,17-18H2,1H3. The number of hydrogen-bond acceptors (Lipinski definition) is 4. The molecular formula is C24H22N4O2. The highest BCUT2D eigenvalue weighted by atomic mass is 16.5. The van der Waals surface area contributed by atoms with Gasteiger partial charge in [0.2, 0.25) is 0 Å². The number of carbonyl (C=O) groups is 1. The average molecular weight is 398 g/mol. The Morgan fingerprint density at radius 1 is 1.00 bits per heavy atom. The molecule has 6 nitrogen and oxygen atoms in total. The summed E-state index contributed by atoms with van der Waals surface area (Å²) in [5, 5.41) is 4.26. The van der Waals surface area contributed by atoms with Crippen molar-refractivity contribution >= 4 is 5.91 Å². The van der Waals surface area contributed by atoms with Crippen LogP contribution in [0.3, 0.4) is 0 Å². The van der Waals surface area contributed by atoms with E-state index in [0.717, 1.165) is 22.6 Å². The van der Waals surface area contributed by atoms with Gasteiger partial charge in [-0.15, -0.1) is 0 Å². The van der Waals surface area contributed by atoms with Crippen molar-refractivity contribution in [2.24, 2.45) is 0 Å². The Morgan fingerprint density at radius 3 is 2.67 bits per heavy atom. The molecule has 2 aromatic heterocycles. The van der Waals surface area contributed by atoms with Gasteiger partial charge >= 0.3 is 0 Å². The second-order valence-electron chi connectivity index (χ2n) is 6.84. The van der Waals surface area contributed by atoms with E-state index in [9.17, 15) is 4.79 Å². The van der Waals surface area contributed by atoms with Crippen molar-refractivity contribution in [3.05, 3.63) is 108 Å². The summed E-state index contributed by atoms with van der Waals surface area (Å²) < 4.78 is 7.23. The Balaban J connectivity index is 1.66. The minimum absolute atomic E-state index is 0.0706. The van der Waals surface area contributed by atoms with Crippen LogP contribution in [0.15, 0.2) is 91.5 Å². The zero-order valence-corrected chi connectivity index (χ0v) is 16.7. The molecule has 0 N–H and O–H groups in total. The molecule has 0 fully saturated rings. The van der Waals surface area contributed by atoms with Crippen LogP contribution in [-0.2, 0) is 13.1 Å². The van der Waals surface area contributed by atoms with Crippen LogP contribution in [0.25, 0.3) is 5.69 Å². The molecule has 4 aromatic rings. The number of nitrogens with zero attached hydrogens (tertiary/aromatic N) is 4. The highest BCUT2D eigenvalue weighted by Crippen LogP contribution is 2.22. The van der Waals surface area contributed by atoms with Crippen LogP contribution < -0.4 is 4.74 Å². The fourth-order valence-electron chi connectivity index (χ4n) is 3.34. The molecule has 0 aliphatic rings. The van der Waals surface area contributed by atoms with Crippen LogP contribution in [-0.4, -0.2) is 32.7 Å². The maximum atomic E-state index is 13.5. The summed E-state index contributed by atoms with van der Waals surface area (Å²) in [5.41, 5.74) is 3.34. The van der Waals surface area contributed by atoms with E-state index < -0.39 is 0 Å². The minimum Gasteiger partial charge on any atom is -0.496 e. The second-order valence-corrected chi connectivity index (χ2v) is 6.84. The summed E-state index contributed by atoms with van der Waals surface area (Å²) in [7, 11) is 1.64. The fourth-order valence-corrected chi connectivity index (χ4v) is 3.34. The Labute approximate surface area is 175 Å². The van der Waals surface area contributed by atoms with E-state index in [1.54, 1.807) is 35.3 Å². The van der Waals surface area contributed by atoms with Crippen molar-refractivity contribution in [1.29, 1.82) is 0 Å². The first kappa shape index (κ1) is 19.4. The molecule has 0 saturated carbocycles. The average Bonchev–Trinajstić information content (AvgIpc) is 3.34. The summed E-state index contributed by atoms with van der Waals surface area (Å²) in [4.78, 5) is 19.5. The molecule has 0 atom stereocenters. The molecule has 2 aromatic carbocycles. The van der Waals surface area contributed by atoms with Crippen molar-refractivity contribution in [3.63, 3.8) is 0 Å². The van der Waals surface area contributed by atoms with E-state index >= 15 is 0 Å². The van der Waals surface area contributed by atoms with Crippen LogP contribution in [0.4, 0.5) is 0 Å². The minimum atomic E-state index is -0.0706. The molecular weight excluding hydrogens is 376 g/mol. The maximum Gasteiger partial charge on any atom is 0.254 e. The van der Waals surface area contributed by atoms with Gasteiger partial charge < -0.3 is 9.64 Å². The van der Waals surface area contributed by atoms with Crippen molar-refractivity contribution in [3.8, 4) is 11.4 Å². The van der Waals surface area contributed by atoms with Gasteiger partial charge in [0.1, 0.15) is 5.75 Å². The first-order valence-electron chi connectivity index (χ1n) is 9.65. The topological polar surface area (TPSA) is 60.2 Å². The highest BCUT2D eigenvalue weighted by molar-refractivity contribution is 5.94. The third kappa shape index (κ3) is 4.38. The summed E-state index contributed by atoms with van der Waals surface area (Å²) in [5.74, 6) is 0.686. The molecule has 0 saturated heterocycles. The van der Waals surface area contributed by atoms with Crippen LogP contribution in [0.1, 0.15) is 21.5 Å². The predicted octanol–water partition coefficient (Wildman–Crippen LogP) is 4.12. The Kier molecular flexibility index (Phi) is 5.85. The molecule has 0 aliphatic heterocycles. The van der Waals surface area contributed by atoms with E-state index in [-0.39, 0.29) is 5.91 Å². The summed E-state index contributed by atoms with van der Waals surface area (Å²) in [6.45, 7) is 0.862. The lowest BCUT2D eigenvalue weighted by Crippen LogP contribution is -2.30. The number of carbonyl (C=O) groups excluding carboxylic acids is 1. The van der Waals surface area contributed by atoms with Gasteiger partial charge in [-0.3, -0.25) is 9.78 Å². The maximum absolute atomic E-state index is 13.5. The first-order chi connectivity index (χ1) is 14.7. The SMILES string of the molecule is COc1ccccc1CN(Cc1cccnc1)C(=O)c1cccc(-n2cccn2)c1. The van der Waals surface area contributed by atoms with Crippen LogP contribution in [0, 0.1) is 0 Å². The first-order valence-corrected chi connectivity index (χ1v) is 9.65. The zero-order valence-electron chi connectivity index (χ0n) is 16.7. The number of para-hydroxylation sites is 1. The molecule has 150 valence electrons. The second kappa shape index (κ2) is 9.05. The monoisotopic (exact) mass is 398 g/mol. The molecule has 2 heterocycles. The summed E-state index contributed by atoms with van der Waals surface area (Å²) in [6.07, 6.45) is 7.07. The van der Waals surface area contributed by atoms with Gasteiger partial charge in [0.05, 0.1) is 12.8 Å². The zero-order chi connectivity index (χ0) is 20.8. The van der Waals surface area contributed by atoms with Crippen LogP contribution in [0.5, 0.6) is 5.75 Å². The number of pyridine rings is 1. The van der Waals surface area contributed by atoms with Crippen molar-refractivity contribution in [2.75, 3.05) is 7.11 Å². The van der Waals surface area contributed by atoms with Gasteiger partial charge in [0.15, 0.2) is 0 Å². The van der Waals surface area contributed by atoms with Crippen molar-refractivity contribution < 1.29 is 9.53 Å². The van der Waals surface area contributed by atoms with E-state index in [0.29, 0.717) is 18.7 Å². The number of hydrogen-bond donors (Lipinski definition) is 0. The smallest absolute Gasteiger partial charge is 0.254 e. The quantitative estimate of drug-likeness (QED) is 0.470. The normalized spacial score (nSPS) is 10.6. The number of amides is 1.